The molecule has 0 aliphatic carbocycles. The van der Waals surface area contributed by atoms with Crippen molar-refractivity contribution < 1.29 is 14.2 Å². The van der Waals surface area contributed by atoms with Gasteiger partial charge in [0.25, 0.3) is 5.95 Å². The van der Waals surface area contributed by atoms with Crippen LogP contribution in [0.25, 0.3) is 11.1 Å². The molecule has 0 unspecified atom stereocenters. The van der Waals surface area contributed by atoms with E-state index in [1.54, 1.807) is 18.3 Å². The van der Waals surface area contributed by atoms with Crippen LogP contribution in [0.3, 0.4) is 0 Å². The minimum Gasteiger partial charge on any atom is -0.507 e. The number of ether oxygens (including phenoxy) is 1. The van der Waals surface area contributed by atoms with E-state index in [9.17, 15) is 9.50 Å². The number of hydrogen-bond donors (Lipinski definition) is 2. The summed E-state index contributed by atoms with van der Waals surface area (Å²) >= 11 is 0. The van der Waals surface area contributed by atoms with Crippen molar-refractivity contribution in [1.82, 2.24) is 15.0 Å². The van der Waals surface area contributed by atoms with Gasteiger partial charge in [-0.2, -0.15) is 10.1 Å². The summed E-state index contributed by atoms with van der Waals surface area (Å²) in [5.41, 5.74) is 4.06. The summed E-state index contributed by atoms with van der Waals surface area (Å²) in [6, 6.07) is 18.7. The Bertz CT molecular complexity index is 1360. The molecule has 1 aliphatic heterocycles. The average molecular weight is 486 g/mol. The minimum atomic E-state index is -0.494. The summed E-state index contributed by atoms with van der Waals surface area (Å²) in [5.74, 6) is 0.0489. The Morgan fingerprint density at radius 1 is 0.972 bits per heavy atom. The minimum absolute atomic E-state index is 0.0977. The second kappa shape index (κ2) is 10.9. The molecule has 36 heavy (non-hydrogen) atoms. The van der Waals surface area contributed by atoms with Crippen molar-refractivity contribution in [3.05, 3.63) is 84.6 Å². The number of aromatic nitrogens is 3. The van der Waals surface area contributed by atoms with Gasteiger partial charge in [0.15, 0.2) is 11.6 Å². The van der Waals surface area contributed by atoms with E-state index in [0.29, 0.717) is 32.0 Å². The topological polar surface area (TPSA) is 108 Å². The molecule has 0 radical (unpaired) electrons. The van der Waals surface area contributed by atoms with Crippen LogP contribution in [0.2, 0.25) is 0 Å². The Morgan fingerprint density at radius 2 is 1.83 bits per heavy atom. The Labute approximate surface area is 207 Å². The SMILES string of the molecule is Oc1ccccc1-c1cccc(Nc2ccc(CN=Nc3ncc(F)c(N4CCOCC4)n3)nc2)c1. The van der Waals surface area contributed by atoms with Gasteiger partial charge in [-0.25, -0.2) is 9.37 Å². The first-order chi connectivity index (χ1) is 17.7. The number of halogens is 1. The molecule has 1 fully saturated rings. The van der Waals surface area contributed by atoms with Gasteiger partial charge in [0, 0.05) is 24.3 Å². The lowest BCUT2D eigenvalue weighted by molar-refractivity contribution is 0.122. The van der Waals surface area contributed by atoms with Gasteiger partial charge >= 0.3 is 0 Å². The molecule has 3 heterocycles. The van der Waals surface area contributed by atoms with Crippen LogP contribution in [0, 0.1) is 5.82 Å². The van der Waals surface area contributed by atoms with Crippen molar-refractivity contribution in [3.63, 3.8) is 0 Å². The van der Waals surface area contributed by atoms with Gasteiger partial charge in [-0.3, -0.25) is 4.98 Å². The summed E-state index contributed by atoms with van der Waals surface area (Å²) in [6.07, 6.45) is 2.82. The standard InChI is InChI=1S/C26H24FN7O2/c27-23-17-29-26(32-25(23)34-10-12-36-13-11-34)33-30-16-20-8-9-21(15-28-20)31-19-5-3-4-18(14-19)22-6-1-2-7-24(22)35/h1-9,14-15,17,31,35H,10-13,16H2. The van der Waals surface area contributed by atoms with Crippen molar-refractivity contribution in [2.75, 3.05) is 36.5 Å². The summed E-state index contributed by atoms with van der Waals surface area (Å²) in [4.78, 5) is 14.3. The molecule has 0 amide bonds. The fourth-order valence-electron chi connectivity index (χ4n) is 3.81. The molecule has 1 saturated heterocycles. The summed E-state index contributed by atoms with van der Waals surface area (Å²) in [7, 11) is 0. The molecule has 2 N–H and O–H groups in total. The fourth-order valence-corrected chi connectivity index (χ4v) is 3.81. The molecular formula is C26H24FN7O2. The molecule has 0 spiro atoms. The number of azo groups is 1. The number of hydrogen-bond acceptors (Lipinski definition) is 9. The normalized spacial score (nSPS) is 13.8. The van der Waals surface area contributed by atoms with Gasteiger partial charge in [-0.05, 0) is 35.9 Å². The molecule has 5 rings (SSSR count). The largest absolute Gasteiger partial charge is 0.507 e. The van der Waals surface area contributed by atoms with Gasteiger partial charge in [0.1, 0.15) is 12.3 Å². The van der Waals surface area contributed by atoms with Crippen LogP contribution in [0.5, 0.6) is 5.75 Å². The number of phenols is 1. The van der Waals surface area contributed by atoms with Crippen LogP contribution in [-0.4, -0.2) is 46.4 Å². The lowest BCUT2D eigenvalue weighted by Crippen LogP contribution is -2.37. The molecule has 0 saturated carbocycles. The molecule has 9 nitrogen and oxygen atoms in total. The van der Waals surface area contributed by atoms with E-state index in [1.165, 1.54) is 0 Å². The predicted molar refractivity (Wildman–Crippen MR) is 134 cm³/mol. The van der Waals surface area contributed by atoms with Crippen molar-refractivity contribution in [2.45, 2.75) is 6.54 Å². The number of phenolic OH excluding ortho intramolecular Hbond substituents is 1. The van der Waals surface area contributed by atoms with E-state index in [2.05, 4.69) is 30.5 Å². The zero-order chi connectivity index (χ0) is 24.7. The average Bonchev–Trinajstić information content (AvgIpc) is 2.91. The molecule has 4 aromatic rings. The fraction of sp³-hybridized carbons (Fsp3) is 0.192. The van der Waals surface area contributed by atoms with Crippen molar-refractivity contribution in [2.24, 2.45) is 10.2 Å². The van der Waals surface area contributed by atoms with E-state index < -0.39 is 5.82 Å². The molecule has 10 heteroatoms. The number of para-hydroxylation sites is 1. The highest BCUT2D eigenvalue weighted by molar-refractivity contribution is 5.74. The first-order valence-corrected chi connectivity index (χ1v) is 11.5. The van der Waals surface area contributed by atoms with Crippen LogP contribution in [0.4, 0.5) is 27.5 Å². The molecular weight excluding hydrogens is 461 g/mol. The second-order valence-electron chi connectivity index (χ2n) is 8.10. The maximum absolute atomic E-state index is 14.2. The molecule has 0 atom stereocenters. The van der Waals surface area contributed by atoms with Crippen molar-refractivity contribution >= 4 is 23.1 Å². The van der Waals surface area contributed by atoms with E-state index in [4.69, 9.17) is 4.74 Å². The van der Waals surface area contributed by atoms with E-state index in [1.807, 2.05) is 53.4 Å². The number of anilines is 3. The van der Waals surface area contributed by atoms with Gasteiger partial charge in [-0.15, -0.1) is 5.11 Å². The highest BCUT2D eigenvalue weighted by Crippen LogP contribution is 2.31. The quantitative estimate of drug-likeness (QED) is 0.344. The number of morpholine rings is 1. The Hall–Kier alpha value is -4.44. The highest BCUT2D eigenvalue weighted by Gasteiger charge is 2.17. The third kappa shape index (κ3) is 5.61. The smallest absolute Gasteiger partial charge is 0.270 e. The Kier molecular flexibility index (Phi) is 7.04. The Balaban J connectivity index is 1.21. The molecule has 182 valence electrons. The summed E-state index contributed by atoms with van der Waals surface area (Å²) < 4.78 is 19.5. The third-order valence-electron chi connectivity index (χ3n) is 5.61. The van der Waals surface area contributed by atoms with E-state index in [0.717, 1.165) is 28.7 Å². The number of rotatable bonds is 7. The maximum atomic E-state index is 14.2. The molecule has 2 aromatic heterocycles. The lowest BCUT2D eigenvalue weighted by atomic mass is 10.0. The Morgan fingerprint density at radius 3 is 2.64 bits per heavy atom. The van der Waals surface area contributed by atoms with Crippen LogP contribution < -0.4 is 10.2 Å². The number of benzene rings is 2. The van der Waals surface area contributed by atoms with Gasteiger partial charge < -0.3 is 20.1 Å². The zero-order valence-corrected chi connectivity index (χ0v) is 19.4. The monoisotopic (exact) mass is 485 g/mol. The lowest BCUT2D eigenvalue weighted by Gasteiger charge is -2.27. The van der Waals surface area contributed by atoms with E-state index in [-0.39, 0.29) is 24.1 Å². The molecule has 1 aliphatic rings. The van der Waals surface area contributed by atoms with Gasteiger partial charge in [0.2, 0.25) is 0 Å². The van der Waals surface area contributed by atoms with Crippen LogP contribution in [-0.2, 0) is 11.3 Å². The summed E-state index contributed by atoms with van der Waals surface area (Å²) in [5, 5.41) is 21.6. The number of nitrogens with one attached hydrogen (secondary N) is 1. The van der Waals surface area contributed by atoms with Crippen LogP contribution >= 0.6 is 0 Å². The van der Waals surface area contributed by atoms with Crippen molar-refractivity contribution in [3.8, 4) is 16.9 Å². The highest BCUT2D eigenvalue weighted by atomic mass is 19.1. The van der Waals surface area contributed by atoms with Crippen LogP contribution in [0.15, 0.2) is 83.3 Å². The van der Waals surface area contributed by atoms with Crippen molar-refractivity contribution in [1.29, 1.82) is 0 Å². The van der Waals surface area contributed by atoms with E-state index >= 15 is 0 Å². The first kappa shape index (κ1) is 23.3. The maximum Gasteiger partial charge on any atom is 0.270 e. The van der Waals surface area contributed by atoms with Gasteiger partial charge in [-0.1, -0.05) is 30.3 Å². The predicted octanol–water partition coefficient (Wildman–Crippen LogP) is 5.25. The number of nitrogens with zero attached hydrogens (tertiary/aromatic N) is 6. The number of aromatic hydroxyl groups is 1. The third-order valence-corrected chi connectivity index (χ3v) is 5.61. The molecule has 2 aromatic carbocycles. The van der Waals surface area contributed by atoms with Crippen LogP contribution in [0.1, 0.15) is 5.69 Å². The number of pyridine rings is 1. The zero-order valence-electron chi connectivity index (χ0n) is 19.4. The summed E-state index contributed by atoms with van der Waals surface area (Å²) in [6.45, 7) is 2.41. The van der Waals surface area contributed by atoms with Gasteiger partial charge in [0.05, 0.1) is 37.0 Å². The second-order valence-corrected chi connectivity index (χ2v) is 8.10. The first-order valence-electron chi connectivity index (χ1n) is 11.5. The molecule has 0 bridgehead atoms.